The van der Waals surface area contributed by atoms with Crippen LogP contribution in [0.5, 0.6) is 0 Å². The number of hydrogen-bond acceptors (Lipinski definition) is 3. The molecule has 0 fully saturated rings. The first-order chi connectivity index (χ1) is 12.9. The fraction of sp³-hybridized carbons (Fsp3) is 0.217. The van der Waals surface area contributed by atoms with Gasteiger partial charge in [-0.15, -0.1) is 0 Å². The van der Waals surface area contributed by atoms with Crippen LogP contribution in [0.15, 0.2) is 60.9 Å². The summed E-state index contributed by atoms with van der Waals surface area (Å²) in [6.07, 6.45) is 1.71. The normalized spacial score (nSPS) is 11.9. The van der Waals surface area contributed by atoms with Crippen LogP contribution in [0.3, 0.4) is 0 Å². The highest BCUT2D eigenvalue weighted by molar-refractivity contribution is 6.05. The predicted molar refractivity (Wildman–Crippen MR) is 108 cm³/mol. The average Bonchev–Trinajstić information content (AvgIpc) is 3.07. The molecule has 0 spiro atoms. The highest BCUT2D eigenvalue weighted by atomic mass is 16.6. The number of hydrogen-bond donors (Lipinski definition) is 0. The molecule has 0 N–H and O–H groups in total. The molecule has 4 rings (SSSR count). The maximum absolute atomic E-state index is 12.8. The van der Waals surface area contributed by atoms with E-state index >= 15 is 0 Å². The fourth-order valence-electron chi connectivity index (χ4n) is 3.56. The summed E-state index contributed by atoms with van der Waals surface area (Å²) in [4.78, 5) is 17.2. The first-order valence-electron chi connectivity index (χ1n) is 9.04. The fourth-order valence-corrected chi connectivity index (χ4v) is 3.56. The minimum atomic E-state index is -0.569. The summed E-state index contributed by atoms with van der Waals surface area (Å²) in [5, 5.41) is 1.13. The van der Waals surface area contributed by atoms with Crippen molar-refractivity contribution in [1.82, 2.24) is 9.38 Å². The lowest BCUT2D eigenvalue weighted by Crippen LogP contribution is -2.24. The van der Waals surface area contributed by atoms with Gasteiger partial charge in [-0.3, -0.25) is 4.40 Å². The molecule has 2 aromatic carbocycles. The lowest BCUT2D eigenvalue weighted by Gasteiger charge is -2.19. The number of esters is 1. The number of carbonyl (C=O) groups excluding carboxylic acids is 1. The number of benzene rings is 2. The molecule has 0 aliphatic carbocycles. The molecule has 0 aliphatic rings. The summed E-state index contributed by atoms with van der Waals surface area (Å²) >= 11 is 0. The number of fused-ring (bicyclic) bond motifs is 3. The van der Waals surface area contributed by atoms with Gasteiger partial charge in [-0.05, 0) is 50.5 Å². The maximum Gasteiger partial charge on any atom is 0.359 e. The highest BCUT2D eigenvalue weighted by Crippen LogP contribution is 2.35. The van der Waals surface area contributed by atoms with Gasteiger partial charge in [0.1, 0.15) is 11.9 Å². The van der Waals surface area contributed by atoms with E-state index in [4.69, 9.17) is 4.74 Å². The van der Waals surface area contributed by atoms with Crippen molar-refractivity contribution in [1.29, 1.82) is 0 Å². The van der Waals surface area contributed by atoms with E-state index < -0.39 is 11.6 Å². The van der Waals surface area contributed by atoms with Gasteiger partial charge >= 0.3 is 5.97 Å². The van der Waals surface area contributed by atoms with Crippen molar-refractivity contribution in [2.75, 3.05) is 0 Å². The number of imidazole rings is 1. The molecule has 0 saturated carbocycles. The Hall–Kier alpha value is -3.14. The zero-order valence-electron chi connectivity index (χ0n) is 16.0. The SMILES string of the molecule is Cc1c(-c2ccccc2)c2ccccc2n2cnc(C(=O)OC(C)(C)C)c12. The lowest BCUT2D eigenvalue weighted by atomic mass is 9.95. The van der Waals surface area contributed by atoms with Crippen molar-refractivity contribution in [3.8, 4) is 11.1 Å². The summed E-state index contributed by atoms with van der Waals surface area (Å²) in [7, 11) is 0. The number of para-hydroxylation sites is 1. The van der Waals surface area contributed by atoms with E-state index in [0.29, 0.717) is 5.69 Å². The van der Waals surface area contributed by atoms with Crippen molar-refractivity contribution in [2.45, 2.75) is 33.3 Å². The van der Waals surface area contributed by atoms with Gasteiger partial charge in [0.15, 0.2) is 5.69 Å². The number of carbonyl (C=O) groups is 1. The number of ether oxygens (including phenoxy) is 1. The molecule has 0 unspecified atom stereocenters. The van der Waals surface area contributed by atoms with Crippen molar-refractivity contribution < 1.29 is 9.53 Å². The quantitative estimate of drug-likeness (QED) is 0.450. The Labute approximate surface area is 158 Å². The van der Waals surface area contributed by atoms with E-state index in [1.54, 1.807) is 6.33 Å². The summed E-state index contributed by atoms with van der Waals surface area (Å²) in [5.41, 5.74) is 4.83. The molecule has 2 heterocycles. The Bertz CT molecular complexity index is 1150. The molecule has 4 aromatic rings. The summed E-state index contributed by atoms with van der Waals surface area (Å²) < 4.78 is 7.57. The van der Waals surface area contributed by atoms with Crippen molar-refractivity contribution in [3.63, 3.8) is 0 Å². The molecule has 0 radical (unpaired) electrons. The first kappa shape index (κ1) is 17.3. The second-order valence-corrected chi connectivity index (χ2v) is 7.70. The van der Waals surface area contributed by atoms with Crippen LogP contribution in [0.1, 0.15) is 36.8 Å². The Morgan fingerprint density at radius 3 is 2.37 bits per heavy atom. The highest BCUT2D eigenvalue weighted by Gasteiger charge is 2.25. The Morgan fingerprint density at radius 1 is 1.00 bits per heavy atom. The molecule has 136 valence electrons. The Balaban J connectivity index is 2.07. The minimum Gasteiger partial charge on any atom is -0.455 e. The van der Waals surface area contributed by atoms with Crippen LogP contribution in [0, 0.1) is 6.92 Å². The molecular formula is C23H22N2O2. The topological polar surface area (TPSA) is 43.6 Å². The van der Waals surface area contributed by atoms with Gasteiger partial charge in [0.05, 0.1) is 11.0 Å². The number of aryl methyl sites for hydroxylation is 1. The van der Waals surface area contributed by atoms with Gasteiger partial charge in [-0.25, -0.2) is 9.78 Å². The van der Waals surface area contributed by atoms with Crippen LogP contribution in [0.4, 0.5) is 0 Å². The summed E-state index contributed by atoms with van der Waals surface area (Å²) in [5.74, 6) is -0.401. The molecule has 0 aliphatic heterocycles. The van der Waals surface area contributed by atoms with Crippen molar-refractivity contribution >= 4 is 22.4 Å². The molecule has 0 atom stereocenters. The molecule has 2 aromatic heterocycles. The van der Waals surface area contributed by atoms with Gasteiger partial charge in [0.25, 0.3) is 0 Å². The third-order valence-corrected chi connectivity index (χ3v) is 4.59. The standard InChI is InChI=1S/C23H22N2O2/c1-15-19(16-10-6-5-7-11-16)17-12-8-9-13-18(17)25-14-24-20(21(15)25)22(26)27-23(2,3)4/h5-14H,1-4H3. The van der Waals surface area contributed by atoms with Gasteiger partial charge < -0.3 is 4.74 Å². The maximum atomic E-state index is 12.8. The van der Waals surface area contributed by atoms with Crippen LogP contribution in [-0.2, 0) is 4.74 Å². The van der Waals surface area contributed by atoms with Crippen LogP contribution in [0.25, 0.3) is 27.5 Å². The monoisotopic (exact) mass is 358 g/mol. The van der Waals surface area contributed by atoms with Crippen molar-refractivity contribution in [2.24, 2.45) is 0 Å². The molecular weight excluding hydrogens is 336 g/mol. The molecule has 0 saturated heterocycles. The largest absolute Gasteiger partial charge is 0.455 e. The van der Waals surface area contributed by atoms with E-state index in [1.807, 2.05) is 62.4 Å². The number of pyridine rings is 1. The van der Waals surface area contributed by atoms with E-state index in [1.165, 1.54) is 0 Å². The molecule has 0 bridgehead atoms. The van der Waals surface area contributed by atoms with Gasteiger partial charge in [0.2, 0.25) is 0 Å². The van der Waals surface area contributed by atoms with E-state index in [2.05, 4.69) is 29.2 Å². The average molecular weight is 358 g/mol. The number of nitrogens with zero attached hydrogens (tertiary/aromatic N) is 2. The van der Waals surface area contributed by atoms with Gasteiger partial charge in [0, 0.05) is 5.39 Å². The summed E-state index contributed by atoms with van der Waals surface area (Å²) in [6.45, 7) is 7.63. The third-order valence-electron chi connectivity index (χ3n) is 4.59. The second-order valence-electron chi connectivity index (χ2n) is 7.70. The molecule has 4 nitrogen and oxygen atoms in total. The van der Waals surface area contributed by atoms with Gasteiger partial charge in [-0.2, -0.15) is 0 Å². The molecule has 0 amide bonds. The molecule has 27 heavy (non-hydrogen) atoms. The van der Waals surface area contributed by atoms with Crippen molar-refractivity contribution in [3.05, 3.63) is 72.2 Å². The zero-order valence-corrected chi connectivity index (χ0v) is 16.0. The smallest absolute Gasteiger partial charge is 0.359 e. The van der Waals surface area contributed by atoms with Gasteiger partial charge in [-0.1, -0.05) is 48.5 Å². The van der Waals surface area contributed by atoms with E-state index in [-0.39, 0.29) is 0 Å². The first-order valence-corrected chi connectivity index (χ1v) is 9.04. The zero-order chi connectivity index (χ0) is 19.2. The lowest BCUT2D eigenvalue weighted by molar-refractivity contribution is 0.00657. The Morgan fingerprint density at radius 2 is 1.67 bits per heavy atom. The minimum absolute atomic E-state index is 0.352. The van der Waals surface area contributed by atoms with Crippen LogP contribution in [0.2, 0.25) is 0 Å². The van der Waals surface area contributed by atoms with E-state index in [9.17, 15) is 4.79 Å². The van der Waals surface area contributed by atoms with E-state index in [0.717, 1.165) is 33.1 Å². The number of rotatable bonds is 2. The third kappa shape index (κ3) is 2.97. The predicted octanol–water partition coefficient (Wildman–Crippen LogP) is 5.42. The summed E-state index contributed by atoms with van der Waals surface area (Å²) in [6, 6.07) is 18.4. The molecule has 4 heteroatoms. The number of aromatic nitrogens is 2. The second kappa shape index (κ2) is 6.23. The van der Waals surface area contributed by atoms with Crippen LogP contribution < -0.4 is 0 Å². The van der Waals surface area contributed by atoms with Crippen LogP contribution >= 0.6 is 0 Å². The Kier molecular flexibility index (Phi) is 3.99. The van der Waals surface area contributed by atoms with Crippen LogP contribution in [-0.4, -0.2) is 21.0 Å².